The van der Waals surface area contributed by atoms with E-state index in [0.29, 0.717) is 24.3 Å². The summed E-state index contributed by atoms with van der Waals surface area (Å²) in [7, 11) is 0. The van der Waals surface area contributed by atoms with Gasteiger partial charge in [0.1, 0.15) is 0 Å². The summed E-state index contributed by atoms with van der Waals surface area (Å²) in [6.45, 7) is 11.1. The Morgan fingerprint density at radius 3 is 2.48 bits per heavy atom. The number of hydrogen-bond donors (Lipinski definition) is 1. The summed E-state index contributed by atoms with van der Waals surface area (Å²) in [6, 6.07) is 10.8. The average Bonchev–Trinajstić information content (AvgIpc) is 3.22. The van der Waals surface area contributed by atoms with Crippen molar-refractivity contribution >= 4 is 12.4 Å². The quantitative estimate of drug-likeness (QED) is 0.898. The van der Waals surface area contributed by atoms with Crippen LogP contribution in [0.3, 0.4) is 0 Å². The molecule has 1 unspecified atom stereocenters. The lowest BCUT2D eigenvalue weighted by atomic mass is 9.89. The van der Waals surface area contributed by atoms with Crippen molar-refractivity contribution < 1.29 is 4.52 Å². The first-order chi connectivity index (χ1) is 11.4. The van der Waals surface area contributed by atoms with Gasteiger partial charge in [-0.2, -0.15) is 4.98 Å². The molecule has 0 amide bonds. The number of nitrogens with zero attached hydrogens (tertiary/aromatic N) is 3. The highest BCUT2D eigenvalue weighted by molar-refractivity contribution is 5.85. The zero-order valence-electron chi connectivity index (χ0n) is 15.5. The second-order valence-electron chi connectivity index (χ2n) is 7.85. The van der Waals surface area contributed by atoms with Crippen LogP contribution in [0.4, 0.5) is 0 Å². The lowest BCUT2D eigenvalue weighted by Gasteiger charge is -2.21. The van der Waals surface area contributed by atoms with Crippen LogP contribution >= 0.6 is 12.4 Å². The lowest BCUT2D eigenvalue weighted by Crippen LogP contribution is -2.26. The molecular formula is C19H29ClN4O. The third-order valence-corrected chi connectivity index (χ3v) is 5.02. The molecule has 2 N–H and O–H groups in total. The van der Waals surface area contributed by atoms with Crippen LogP contribution < -0.4 is 5.73 Å². The highest BCUT2D eigenvalue weighted by Gasteiger charge is 2.37. The van der Waals surface area contributed by atoms with Crippen molar-refractivity contribution in [3.8, 4) is 0 Å². The molecule has 0 spiro atoms. The first kappa shape index (κ1) is 19.9. The van der Waals surface area contributed by atoms with E-state index in [-0.39, 0.29) is 23.9 Å². The van der Waals surface area contributed by atoms with Gasteiger partial charge in [0, 0.05) is 24.4 Å². The molecule has 2 aromatic rings. The van der Waals surface area contributed by atoms with Crippen LogP contribution in [0.1, 0.15) is 56.9 Å². The van der Waals surface area contributed by atoms with Crippen LogP contribution in [0.15, 0.2) is 34.9 Å². The van der Waals surface area contributed by atoms with E-state index >= 15 is 0 Å². The minimum absolute atomic E-state index is 0. The van der Waals surface area contributed by atoms with Crippen molar-refractivity contribution in [3.05, 3.63) is 47.6 Å². The number of nitrogens with two attached hydrogens (primary N) is 1. The third kappa shape index (κ3) is 4.22. The Bertz CT molecular complexity index is 668. The Hall–Kier alpha value is -1.43. The normalized spacial score (nSPS) is 22.6. The van der Waals surface area contributed by atoms with Crippen LogP contribution in [-0.4, -0.2) is 34.7 Å². The molecule has 1 aromatic heterocycles. The molecule has 0 aliphatic carbocycles. The Balaban J connectivity index is 0.00000225. The summed E-state index contributed by atoms with van der Waals surface area (Å²) in [5, 5.41) is 4.16. The smallest absolute Gasteiger partial charge is 0.243 e. The van der Waals surface area contributed by atoms with Crippen molar-refractivity contribution in [3.63, 3.8) is 0 Å². The first-order valence-corrected chi connectivity index (χ1v) is 8.73. The highest BCUT2D eigenvalue weighted by atomic mass is 35.5. The zero-order chi connectivity index (χ0) is 17.3. The molecule has 2 heterocycles. The lowest BCUT2D eigenvalue weighted by molar-refractivity contribution is 0.202. The topological polar surface area (TPSA) is 68.2 Å². The maximum absolute atomic E-state index is 6.05. The zero-order valence-corrected chi connectivity index (χ0v) is 16.3. The molecular weight excluding hydrogens is 336 g/mol. The maximum atomic E-state index is 6.05. The maximum Gasteiger partial charge on any atom is 0.243 e. The van der Waals surface area contributed by atoms with Gasteiger partial charge in [-0.05, 0) is 24.9 Å². The van der Waals surface area contributed by atoms with E-state index in [1.807, 2.05) is 0 Å². The molecule has 1 saturated heterocycles. The van der Waals surface area contributed by atoms with Crippen LogP contribution in [0.2, 0.25) is 0 Å². The van der Waals surface area contributed by atoms with Gasteiger partial charge >= 0.3 is 0 Å². The predicted octanol–water partition coefficient (Wildman–Crippen LogP) is 3.52. The van der Waals surface area contributed by atoms with Crippen molar-refractivity contribution in [2.75, 3.05) is 19.6 Å². The van der Waals surface area contributed by atoms with Gasteiger partial charge in [-0.25, -0.2) is 0 Å². The molecule has 0 saturated carbocycles. The summed E-state index contributed by atoms with van der Waals surface area (Å²) >= 11 is 0. The molecule has 0 radical (unpaired) electrons. The van der Waals surface area contributed by atoms with Crippen LogP contribution in [0.5, 0.6) is 0 Å². The van der Waals surface area contributed by atoms with Gasteiger partial charge in [-0.3, -0.25) is 4.90 Å². The highest BCUT2D eigenvalue weighted by Crippen LogP contribution is 2.36. The second kappa shape index (κ2) is 7.85. The number of halogens is 1. The van der Waals surface area contributed by atoms with Crippen LogP contribution in [-0.2, 0) is 5.41 Å². The minimum Gasteiger partial charge on any atom is -0.338 e. The molecule has 138 valence electrons. The molecule has 3 rings (SSSR count). The van der Waals surface area contributed by atoms with Gasteiger partial charge < -0.3 is 10.3 Å². The molecule has 1 aliphatic heterocycles. The Morgan fingerprint density at radius 1 is 1.24 bits per heavy atom. The minimum atomic E-state index is -0.0984. The summed E-state index contributed by atoms with van der Waals surface area (Å²) in [6.07, 6.45) is 0. The first-order valence-electron chi connectivity index (χ1n) is 8.73. The molecule has 1 fully saturated rings. The van der Waals surface area contributed by atoms with E-state index in [9.17, 15) is 0 Å². The molecule has 6 heteroatoms. The standard InChI is InChI=1S/C19H28N4O.ClH/c1-13(17-21-18(22-24-17)19(2,3)4)23-11-15(10-20)16(12-23)14-8-6-5-7-9-14;/h5-9,13,15-16H,10-12,20H2,1-4H3;1H/t13?,15-,16+;/m1./s1. The monoisotopic (exact) mass is 364 g/mol. The van der Waals surface area contributed by atoms with Crippen molar-refractivity contribution in [2.24, 2.45) is 11.7 Å². The van der Waals surface area contributed by atoms with E-state index in [4.69, 9.17) is 10.3 Å². The summed E-state index contributed by atoms with van der Waals surface area (Å²) in [5.74, 6) is 2.38. The Kier molecular flexibility index (Phi) is 6.25. The molecule has 1 aliphatic rings. The van der Waals surface area contributed by atoms with E-state index in [2.05, 4.69) is 73.1 Å². The van der Waals surface area contributed by atoms with E-state index in [0.717, 1.165) is 18.9 Å². The fourth-order valence-corrected chi connectivity index (χ4v) is 3.40. The average molecular weight is 365 g/mol. The number of aromatic nitrogens is 2. The number of hydrogen-bond acceptors (Lipinski definition) is 5. The van der Waals surface area contributed by atoms with Gasteiger partial charge in [0.25, 0.3) is 0 Å². The Labute approximate surface area is 156 Å². The third-order valence-electron chi connectivity index (χ3n) is 5.02. The fraction of sp³-hybridized carbons (Fsp3) is 0.579. The molecule has 3 atom stereocenters. The Morgan fingerprint density at radius 2 is 1.92 bits per heavy atom. The van der Waals surface area contributed by atoms with Gasteiger partial charge in [-0.1, -0.05) is 56.3 Å². The molecule has 5 nitrogen and oxygen atoms in total. The molecule has 0 bridgehead atoms. The van der Waals surface area contributed by atoms with E-state index < -0.39 is 0 Å². The van der Waals surface area contributed by atoms with E-state index in [1.165, 1.54) is 5.56 Å². The van der Waals surface area contributed by atoms with E-state index in [1.54, 1.807) is 0 Å². The second-order valence-corrected chi connectivity index (χ2v) is 7.85. The van der Waals surface area contributed by atoms with Crippen molar-refractivity contribution in [1.82, 2.24) is 15.0 Å². The van der Waals surface area contributed by atoms with Crippen molar-refractivity contribution in [2.45, 2.75) is 45.1 Å². The van der Waals surface area contributed by atoms with Crippen LogP contribution in [0, 0.1) is 5.92 Å². The largest absolute Gasteiger partial charge is 0.338 e. The summed E-state index contributed by atoms with van der Waals surface area (Å²) in [4.78, 5) is 7.04. The van der Waals surface area contributed by atoms with Gasteiger partial charge in [0.15, 0.2) is 5.82 Å². The van der Waals surface area contributed by atoms with Gasteiger partial charge in [0.2, 0.25) is 5.89 Å². The summed E-state index contributed by atoms with van der Waals surface area (Å²) in [5.41, 5.74) is 7.31. The predicted molar refractivity (Wildman–Crippen MR) is 102 cm³/mol. The molecule has 1 aromatic carbocycles. The molecule has 25 heavy (non-hydrogen) atoms. The SMILES string of the molecule is CC(c1nc(C(C)(C)C)no1)N1C[C@@H](CN)[C@H](c2ccccc2)C1.Cl. The number of likely N-dealkylation sites (tertiary alicyclic amines) is 1. The van der Waals surface area contributed by atoms with Gasteiger partial charge in [-0.15, -0.1) is 12.4 Å². The summed E-state index contributed by atoms with van der Waals surface area (Å²) < 4.78 is 5.54. The number of rotatable bonds is 4. The number of benzene rings is 1. The fourth-order valence-electron chi connectivity index (χ4n) is 3.40. The van der Waals surface area contributed by atoms with Crippen molar-refractivity contribution in [1.29, 1.82) is 0 Å². The van der Waals surface area contributed by atoms with Crippen LogP contribution in [0.25, 0.3) is 0 Å². The van der Waals surface area contributed by atoms with Gasteiger partial charge in [0.05, 0.1) is 6.04 Å².